The Bertz CT molecular complexity index is 852. The molecule has 2 aromatic carbocycles. The molecule has 2 rings (SSSR count). The Morgan fingerprint density at radius 2 is 1.96 bits per heavy atom. The largest absolute Gasteiger partial charge is 0.497 e. The van der Waals surface area contributed by atoms with Gasteiger partial charge in [-0.15, -0.1) is 0 Å². The summed E-state index contributed by atoms with van der Waals surface area (Å²) in [5.74, 6) is -0.875. The van der Waals surface area contributed by atoms with E-state index < -0.39 is 28.6 Å². The number of nitrogen functional groups attached to an aromatic ring is 1. The molecule has 1 atom stereocenters. The zero-order valence-corrected chi connectivity index (χ0v) is 14.1. The van der Waals surface area contributed by atoms with Crippen molar-refractivity contribution in [2.45, 2.75) is 13.0 Å². The van der Waals surface area contributed by atoms with Gasteiger partial charge in [-0.05, 0) is 31.2 Å². The molecular formula is C17H17N3O6. The fourth-order valence-corrected chi connectivity index (χ4v) is 2.06. The zero-order valence-electron chi connectivity index (χ0n) is 14.1. The van der Waals surface area contributed by atoms with Crippen LogP contribution in [0.3, 0.4) is 0 Å². The van der Waals surface area contributed by atoms with Crippen LogP contribution in [0, 0.1) is 10.1 Å². The normalized spacial score (nSPS) is 11.3. The molecule has 0 aliphatic heterocycles. The van der Waals surface area contributed by atoms with Crippen LogP contribution in [-0.4, -0.2) is 30.0 Å². The molecule has 0 fully saturated rings. The molecule has 1 amide bonds. The summed E-state index contributed by atoms with van der Waals surface area (Å²) in [7, 11) is 1.50. The van der Waals surface area contributed by atoms with E-state index in [1.165, 1.54) is 26.2 Å². The molecule has 0 saturated heterocycles. The Morgan fingerprint density at radius 3 is 2.62 bits per heavy atom. The molecule has 2 aromatic rings. The molecule has 0 saturated carbocycles. The van der Waals surface area contributed by atoms with Crippen LogP contribution >= 0.6 is 0 Å². The zero-order chi connectivity index (χ0) is 19.3. The van der Waals surface area contributed by atoms with E-state index >= 15 is 0 Å². The van der Waals surface area contributed by atoms with Gasteiger partial charge in [0.05, 0.1) is 17.6 Å². The van der Waals surface area contributed by atoms with E-state index in [1.54, 1.807) is 24.3 Å². The number of methoxy groups -OCH3 is 1. The van der Waals surface area contributed by atoms with E-state index in [9.17, 15) is 19.7 Å². The van der Waals surface area contributed by atoms with Gasteiger partial charge >= 0.3 is 5.97 Å². The highest BCUT2D eigenvalue weighted by Crippen LogP contribution is 2.23. The van der Waals surface area contributed by atoms with Crippen LogP contribution < -0.4 is 15.8 Å². The Balaban J connectivity index is 2.05. The van der Waals surface area contributed by atoms with Crippen molar-refractivity contribution in [3.05, 3.63) is 58.1 Å². The second-order valence-electron chi connectivity index (χ2n) is 5.30. The Hall–Kier alpha value is -3.62. The van der Waals surface area contributed by atoms with E-state index in [-0.39, 0.29) is 11.3 Å². The lowest BCUT2D eigenvalue weighted by atomic mass is 10.2. The number of carbonyl (C=O) groups excluding carboxylic acids is 2. The predicted octanol–water partition coefficient (Wildman–Crippen LogP) is 2.37. The highest BCUT2D eigenvalue weighted by molar-refractivity contribution is 5.97. The quantitative estimate of drug-likeness (QED) is 0.350. The molecule has 0 radical (unpaired) electrons. The third-order valence-corrected chi connectivity index (χ3v) is 3.45. The minimum absolute atomic E-state index is 0.0737. The number of esters is 1. The molecule has 0 unspecified atom stereocenters. The molecular weight excluding hydrogens is 342 g/mol. The number of nitro benzene ring substituents is 1. The molecule has 0 heterocycles. The maximum atomic E-state index is 12.2. The molecule has 3 N–H and O–H groups in total. The van der Waals surface area contributed by atoms with Gasteiger partial charge in [-0.25, -0.2) is 4.79 Å². The number of ether oxygens (including phenoxy) is 2. The first-order valence-corrected chi connectivity index (χ1v) is 7.51. The molecule has 0 spiro atoms. The molecule has 26 heavy (non-hydrogen) atoms. The Morgan fingerprint density at radius 1 is 1.23 bits per heavy atom. The third kappa shape index (κ3) is 4.47. The lowest BCUT2D eigenvalue weighted by Crippen LogP contribution is -2.30. The van der Waals surface area contributed by atoms with Crippen molar-refractivity contribution in [3.8, 4) is 5.75 Å². The summed E-state index contributed by atoms with van der Waals surface area (Å²) in [4.78, 5) is 34.4. The lowest BCUT2D eigenvalue weighted by molar-refractivity contribution is -0.383. The first-order chi connectivity index (χ1) is 12.3. The summed E-state index contributed by atoms with van der Waals surface area (Å²) in [6, 6.07) is 10.2. The summed E-state index contributed by atoms with van der Waals surface area (Å²) in [6.07, 6.45) is -1.12. The molecule has 0 aliphatic carbocycles. The monoisotopic (exact) mass is 359 g/mol. The molecule has 0 aliphatic rings. The highest BCUT2D eigenvalue weighted by atomic mass is 16.6. The Labute approximate surface area is 148 Å². The van der Waals surface area contributed by atoms with Crippen molar-refractivity contribution < 1.29 is 24.0 Å². The van der Waals surface area contributed by atoms with Gasteiger partial charge in [0, 0.05) is 17.8 Å². The van der Waals surface area contributed by atoms with Gasteiger partial charge in [0.15, 0.2) is 6.10 Å². The summed E-state index contributed by atoms with van der Waals surface area (Å²) in [6.45, 7) is 1.39. The van der Waals surface area contributed by atoms with Gasteiger partial charge < -0.3 is 20.5 Å². The van der Waals surface area contributed by atoms with Crippen LogP contribution in [-0.2, 0) is 9.53 Å². The van der Waals surface area contributed by atoms with Crippen molar-refractivity contribution in [2.24, 2.45) is 0 Å². The number of nitro groups is 1. The van der Waals surface area contributed by atoms with Crippen molar-refractivity contribution in [1.82, 2.24) is 0 Å². The molecule has 0 bridgehead atoms. The fourth-order valence-electron chi connectivity index (χ4n) is 2.06. The van der Waals surface area contributed by atoms with Crippen LogP contribution in [0.15, 0.2) is 42.5 Å². The summed E-state index contributed by atoms with van der Waals surface area (Å²) in [5.41, 5.74) is 5.39. The molecule has 9 heteroatoms. The van der Waals surface area contributed by atoms with Crippen LogP contribution in [0.25, 0.3) is 0 Å². The summed E-state index contributed by atoms with van der Waals surface area (Å²) >= 11 is 0. The van der Waals surface area contributed by atoms with Crippen LogP contribution in [0.1, 0.15) is 17.3 Å². The maximum Gasteiger partial charge on any atom is 0.339 e. The number of hydrogen-bond donors (Lipinski definition) is 2. The topological polar surface area (TPSA) is 134 Å². The van der Waals surface area contributed by atoms with E-state index in [4.69, 9.17) is 15.2 Å². The SMILES string of the molecule is COc1cccc(NC(=O)[C@@H](C)OC(=O)c2ccc(N)c([N+](=O)[O-])c2)c1. The standard InChI is InChI=1S/C17H17N3O6/c1-10(16(21)19-12-4-3-5-13(9-12)25-2)26-17(22)11-6-7-14(18)15(8-11)20(23)24/h3-10H,18H2,1-2H3,(H,19,21)/t10-/m1/s1. The second-order valence-corrected chi connectivity index (χ2v) is 5.30. The van der Waals surface area contributed by atoms with Gasteiger partial charge in [0.1, 0.15) is 11.4 Å². The minimum Gasteiger partial charge on any atom is -0.497 e. The fraction of sp³-hybridized carbons (Fsp3) is 0.176. The number of hydrogen-bond acceptors (Lipinski definition) is 7. The average Bonchev–Trinajstić information content (AvgIpc) is 2.61. The van der Waals surface area contributed by atoms with Crippen molar-refractivity contribution >= 4 is 28.9 Å². The summed E-state index contributed by atoms with van der Waals surface area (Å²) < 4.78 is 10.1. The number of nitrogens with one attached hydrogen (secondary N) is 1. The van der Waals surface area contributed by atoms with E-state index in [0.29, 0.717) is 11.4 Å². The lowest BCUT2D eigenvalue weighted by Gasteiger charge is -2.14. The van der Waals surface area contributed by atoms with Crippen molar-refractivity contribution in [2.75, 3.05) is 18.2 Å². The molecule has 9 nitrogen and oxygen atoms in total. The van der Waals surface area contributed by atoms with Crippen LogP contribution in [0.5, 0.6) is 5.75 Å². The van der Waals surface area contributed by atoms with Crippen molar-refractivity contribution in [3.63, 3.8) is 0 Å². The highest BCUT2D eigenvalue weighted by Gasteiger charge is 2.21. The predicted molar refractivity (Wildman–Crippen MR) is 94.0 cm³/mol. The second kappa shape index (κ2) is 7.97. The van der Waals surface area contributed by atoms with E-state index in [0.717, 1.165) is 6.07 Å². The van der Waals surface area contributed by atoms with Crippen LogP contribution in [0.2, 0.25) is 0 Å². The first-order valence-electron chi connectivity index (χ1n) is 7.51. The maximum absolute atomic E-state index is 12.2. The number of anilines is 2. The van der Waals surface area contributed by atoms with Gasteiger partial charge in [-0.3, -0.25) is 14.9 Å². The molecule has 0 aromatic heterocycles. The van der Waals surface area contributed by atoms with E-state index in [1.807, 2.05) is 0 Å². The van der Waals surface area contributed by atoms with E-state index in [2.05, 4.69) is 5.32 Å². The average molecular weight is 359 g/mol. The van der Waals surface area contributed by atoms with Gasteiger partial charge in [-0.1, -0.05) is 6.07 Å². The number of rotatable bonds is 6. The summed E-state index contributed by atoms with van der Waals surface area (Å²) in [5, 5.41) is 13.5. The number of benzene rings is 2. The van der Waals surface area contributed by atoms with Crippen LogP contribution in [0.4, 0.5) is 17.1 Å². The van der Waals surface area contributed by atoms with Crippen molar-refractivity contribution in [1.29, 1.82) is 0 Å². The number of nitrogens with two attached hydrogens (primary N) is 1. The number of carbonyl (C=O) groups is 2. The first kappa shape index (κ1) is 18.7. The smallest absolute Gasteiger partial charge is 0.339 e. The van der Waals surface area contributed by atoms with Gasteiger partial charge in [0.25, 0.3) is 11.6 Å². The van der Waals surface area contributed by atoms with Gasteiger partial charge in [0.2, 0.25) is 0 Å². The van der Waals surface area contributed by atoms with Gasteiger partial charge in [-0.2, -0.15) is 0 Å². The Kier molecular flexibility index (Phi) is 5.74. The third-order valence-electron chi connectivity index (χ3n) is 3.45. The molecule has 136 valence electrons. The number of nitrogens with zero attached hydrogens (tertiary/aromatic N) is 1. The minimum atomic E-state index is -1.12. The number of amides is 1.